The summed E-state index contributed by atoms with van der Waals surface area (Å²) in [6, 6.07) is 6.78. The molecule has 0 radical (unpaired) electrons. The maximum absolute atomic E-state index is 12.7. The number of hydrogen-bond acceptors (Lipinski definition) is 3. The van der Waals surface area contributed by atoms with Crippen LogP contribution < -0.4 is 0 Å². The topological polar surface area (TPSA) is 57.6 Å². The summed E-state index contributed by atoms with van der Waals surface area (Å²) in [6.45, 7) is 2.44. The summed E-state index contributed by atoms with van der Waals surface area (Å²) in [5.74, 6) is 0. The molecule has 1 atom stereocenters. The molecule has 1 aliphatic heterocycles. The van der Waals surface area contributed by atoms with E-state index in [9.17, 15) is 13.5 Å². The van der Waals surface area contributed by atoms with Gasteiger partial charge in [0.05, 0.1) is 11.5 Å². The molecule has 1 aromatic carbocycles. The summed E-state index contributed by atoms with van der Waals surface area (Å²) in [4.78, 5) is 0.329. The van der Waals surface area contributed by atoms with Crippen molar-refractivity contribution < 1.29 is 13.5 Å². The van der Waals surface area contributed by atoms with Crippen LogP contribution in [-0.2, 0) is 16.4 Å². The highest BCUT2D eigenvalue weighted by atomic mass is 32.2. The molecule has 1 aliphatic rings. The SMILES string of the molecule is CCc1ccc(S(=O)(=O)N2CCCCCC2CO)cc1. The van der Waals surface area contributed by atoms with Gasteiger partial charge in [-0.05, 0) is 37.0 Å². The number of sulfonamides is 1. The van der Waals surface area contributed by atoms with E-state index in [1.165, 1.54) is 4.31 Å². The Morgan fingerprint density at radius 1 is 1.20 bits per heavy atom. The predicted octanol–water partition coefficient (Wildman–Crippen LogP) is 2.17. The Bertz CT molecular complexity index is 525. The van der Waals surface area contributed by atoms with E-state index in [2.05, 4.69) is 0 Å². The van der Waals surface area contributed by atoms with E-state index in [1.807, 2.05) is 19.1 Å². The van der Waals surface area contributed by atoms with E-state index in [0.717, 1.165) is 37.7 Å². The van der Waals surface area contributed by atoms with Crippen LogP contribution in [0.5, 0.6) is 0 Å². The number of aliphatic hydroxyl groups is 1. The quantitative estimate of drug-likeness (QED) is 0.926. The Hall–Kier alpha value is -0.910. The zero-order chi connectivity index (χ0) is 14.6. The molecule has 112 valence electrons. The first-order valence-electron chi connectivity index (χ1n) is 7.31. The highest BCUT2D eigenvalue weighted by molar-refractivity contribution is 7.89. The first-order valence-corrected chi connectivity index (χ1v) is 8.75. The first-order chi connectivity index (χ1) is 9.59. The van der Waals surface area contributed by atoms with Crippen LogP contribution in [0.25, 0.3) is 0 Å². The van der Waals surface area contributed by atoms with Gasteiger partial charge in [-0.2, -0.15) is 4.31 Å². The van der Waals surface area contributed by atoms with E-state index < -0.39 is 10.0 Å². The third-order valence-electron chi connectivity index (χ3n) is 3.97. The summed E-state index contributed by atoms with van der Waals surface area (Å²) in [5.41, 5.74) is 1.12. The van der Waals surface area contributed by atoms with Gasteiger partial charge in [-0.25, -0.2) is 8.42 Å². The van der Waals surface area contributed by atoms with Crippen molar-refractivity contribution >= 4 is 10.0 Å². The molecule has 1 unspecified atom stereocenters. The molecule has 1 heterocycles. The lowest BCUT2D eigenvalue weighted by molar-refractivity contribution is 0.186. The minimum absolute atomic E-state index is 0.105. The summed E-state index contributed by atoms with van der Waals surface area (Å²) in [7, 11) is -3.50. The van der Waals surface area contributed by atoms with Gasteiger partial charge in [0.25, 0.3) is 0 Å². The van der Waals surface area contributed by atoms with Gasteiger partial charge in [-0.1, -0.05) is 31.9 Å². The van der Waals surface area contributed by atoms with E-state index >= 15 is 0 Å². The zero-order valence-corrected chi connectivity index (χ0v) is 12.8. The molecule has 0 amide bonds. The van der Waals surface area contributed by atoms with E-state index in [0.29, 0.717) is 11.4 Å². The van der Waals surface area contributed by atoms with Gasteiger partial charge in [0.1, 0.15) is 0 Å². The van der Waals surface area contributed by atoms with Crippen LogP contribution >= 0.6 is 0 Å². The van der Waals surface area contributed by atoms with Gasteiger partial charge < -0.3 is 5.11 Å². The number of rotatable bonds is 4. The Labute approximate surface area is 121 Å². The van der Waals surface area contributed by atoms with Crippen molar-refractivity contribution in [3.8, 4) is 0 Å². The molecule has 0 aliphatic carbocycles. The number of nitrogens with zero attached hydrogens (tertiary/aromatic N) is 1. The molecule has 1 N–H and O–H groups in total. The van der Waals surface area contributed by atoms with Crippen molar-refractivity contribution in [2.24, 2.45) is 0 Å². The Balaban J connectivity index is 2.30. The molecular formula is C15H23NO3S. The molecule has 20 heavy (non-hydrogen) atoms. The van der Waals surface area contributed by atoms with Crippen molar-refractivity contribution in [2.75, 3.05) is 13.2 Å². The Morgan fingerprint density at radius 2 is 1.90 bits per heavy atom. The standard InChI is InChI=1S/C15H23NO3S/c1-2-13-7-9-15(10-8-13)20(18,19)16-11-5-3-4-6-14(16)12-17/h7-10,14,17H,2-6,11-12H2,1H3. The van der Waals surface area contributed by atoms with Gasteiger partial charge in [0.2, 0.25) is 10.0 Å². The maximum Gasteiger partial charge on any atom is 0.243 e. The fourth-order valence-corrected chi connectivity index (χ4v) is 4.37. The van der Waals surface area contributed by atoms with Crippen LogP contribution in [0.1, 0.15) is 38.2 Å². The summed E-state index contributed by atoms with van der Waals surface area (Å²) >= 11 is 0. The maximum atomic E-state index is 12.7. The van der Waals surface area contributed by atoms with E-state index in [4.69, 9.17) is 0 Å². The fraction of sp³-hybridized carbons (Fsp3) is 0.600. The minimum atomic E-state index is -3.50. The van der Waals surface area contributed by atoms with Crippen molar-refractivity contribution in [3.63, 3.8) is 0 Å². The second-order valence-corrected chi connectivity index (χ2v) is 7.19. The number of hydrogen-bond donors (Lipinski definition) is 1. The van der Waals surface area contributed by atoms with Crippen LogP contribution in [-0.4, -0.2) is 37.0 Å². The molecule has 0 saturated carbocycles. The Morgan fingerprint density at radius 3 is 2.50 bits per heavy atom. The van der Waals surface area contributed by atoms with Crippen LogP contribution in [0.4, 0.5) is 0 Å². The largest absolute Gasteiger partial charge is 0.395 e. The molecule has 0 aromatic heterocycles. The molecule has 5 heteroatoms. The molecule has 1 saturated heterocycles. The van der Waals surface area contributed by atoms with Crippen LogP contribution in [0.3, 0.4) is 0 Å². The number of benzene rings is 1. The van der Waals surface area contributed by atoms with Crippen molar-refractivity contribution in [3.05, 3.63) is 29.8 Å². The summed E-state index contributed by atoms with van der Waals surface area (Å²) in [6.07, 6.45) is 4.50. The van der Waals surface area contributed by atoms with Crippen molar-refractivity contribution in [2.45, 2.75) is 50.0 Å². The predicted molar refractivity (Wildman–Crippen MR) is 79.1 cm³/mol. The van der Waals surface area contributed by atoms with Crippen LogP contribution in [0.15, 0.2) is 29.2 Å². The lowest BCUT2D eigenvalue weighted by atomic mass is 10.1. The van der Waals surface area contributed by atoms with Crippen molar-refractivity contribution in [1.82, 2.24) is 4.31 Å². The van der Waals surface area contributed by atoms with E-state index in [1.54, 1.807) is 12.1 Å². The molecule has 1 fully saturated rings. The van der Waals surface area contributed by atoms with Gasteiger partial charge in [0.15, 0.2) is 0 Å². The number of aliphatic hydroxyl groups excluding tert-OH is 1. The van der Waals surface area contributed by atoms with Gasteiger partial charge in [-0.3, -0.25) is 0 Å². The molecule has 1 aromatic rings. The highest BCUT2D eigenvalue weighted by Crippen LogP contribution is 2.24. The fourth-order valence-electron chi connectivity index (χ4n) is 2.68. The minimum Gasteiger partial charge on any atom is -0.395 e. The zero-order valence-electron chi connectivity index (χ0n) is 12.0. The Kier molecular flexibility index (Phi) is 5.18. The first kappa shape index (κ1) is 15.5. The van der Waals surface area contributed by atoms with E-state index in [-0.39, 0.29) is 12.6 Å². The van der Waals surface area contributed by atoms with Crippen LogP contribution in [0, 0.1) is 0 Å². The second kappa shape index (κ2) is 6.70. The molecule has 0 bridgehead atoms. The lowest BCUT2D eigenvalue weighted by Crippen LogP contribution is -2.42. The van der Waals surface area contributed by atoms with Crippen LogP contribution in [0.2, 0.25) is 0 Å². The molecule has 4 nitrogen and oxygen atoms in total. The third kappa shape index (κ3) is 3.22. The lowest BCUT2D eigenvalue weighted by Gasteiger charge is -2.27. The monoisotopic (exact) mass is 297 g/mol. The third-order valence-corrected chi connectivity index (χ3v) is 5.94. The average Bonchev–Trinajstić information content (AvgIpc) is 2.73. The van der Waals surface area contributed by atoms with Gasteiger partial charge in [-0.15, -0.1) is 0 Å². The summed E-state index contributed by atoms with van der Waals surface area (Å²) in [5, 5.41) is 9.47. The molecule has 0 spiro atoms. The van der Waals surface area contributed by atoms with Gasteiger partial charge >= 0.3 is 0 Å². The summed E-state index contributed by atoms with van der Waals surface area (Å²) < 4.78 is 26.9. The second-order valence-electron chi connectivity index (χ2n) is 5.30. The smallest absolute Gasteiger partial charge is 0.243 e. The van der Waals surface area contributed by atoms with Gasteiger partial charge in [0, 0.05) is 12.6 Å². The molecular weight excluding hydrogens is 274 g/mol. The normalized spacial score (nSPS) is 21.6. The van der Waals surface area contributed by atoms with Crippen molar-refractivity contribution in [1.29, 1.82) is 0 Å². The average molecular weight is 297 g/mol. The number of aryl methyl sites for hydroxylation is 1. The highest BCUT2D eigenvalue weighted by Gasteiger charge is 2.31. The molecule has 2 rings (SSSR count).